The molecule has 0 aromatic carbocycles. The molecule has 1 unspecified atom stereocenters. The number of rotatable bonds is 22. The van der Waals surface area contributed by atoms with Gasteiger partial charge in [0.2, 0.25) is 0 Å². The number of unbranched alkanes of at least 4 members (excludes halogenated alkanes) is 11. The van der Waals surface area contributed by atoms with Crippen molar-refractivity contribution in [3.63, 3.8) is 0 Å². The molecule has 0 spiro atoms. The molecule has 0 saturated heterocycles. The number of hydrogen-bond acceptors (Lipinski definition) is 3. The average molecular weight is 431 g/mol. The molecule has 0 fully saturated rings. The van der Waals surface area contributed by atoms with Crippen LogP contribution in [0.5, 0.6) is 0 Å². The summed E-state index contributed by atoms with van der Waals surface area (Å²) in [4.78, 5) is 0. The first-order valence-corrected chi connectivity index (χ1v) is 14.0. The largest absolute Gasteiger partial charge is 0.500 e. The summed E-state index contributed by atoms with van der Waals surface area (Å²) in [6.45, 7) is 9.64. The maximum atomic E-state index is 5.56. The smallest absolute Gasteiger partial charge is 0.377 e. The van der Waals surface area contributed by atoms with Gasteiger partial charge in [0.15, 0.2) is 0 Å². The van der Waals surface area contributed by atoms with Gasteiger partial charge in [-0.15, -0.1) is 0 Å². The molecular weight excluding hydrogens is 378 g/mol. The minimum absolute atomic E-state index is 0.875. The van der Waals surface area contributed by atoms with Crippen LogP contribution in [0.15, 0.2) is 12.7 Å². The molecule has 0 heterocycles. The highest BCUT2D eigenvalue weighted by Crippen LogP contribution is 2.18. The van der Waals surface area contributed by atoms with E-state index in [0.717, 1.165) is 30.0 Å². The second kappa shape index (κ2) is 18.6. The van der Waals surface area contributed by atoms with Crippen LogP contribution in [0.4, 0.5) is 0 Å². The van der Waals surface area contributed by atoms with Gasteiger partial charge in [-0.05, 0) is 18.9 Å². The standard InChI is InChI=1S/C24H52NO3Si/c1-7-9-10-11-12-13-14-15-16-17-18-19-22-25(3,21-8-2)23-20-24-29(26-4,27-5)28-6/h8H,2,7,9-24H2,1,3-6H3/q+1. The molecule has 0 aromatic rings. The van der Waals surface area contributed by atoms with Crippen molar-refractivity contribution in [2.24, 2.45) is 0 Å². The zero-order valence-electron chi connectivity index (χ0n) is 20.5. The first-order valence-electron chi connectivity index (χ1n) is 12.1. The van der Waals surface area contributed by atoms with Gasteiger partial charge < -0.3 is 17.8 Å². The van der Waals surface area contributed by atoms with Crippen molar-refractivity contribution in [1.29, 1.82) is 0 Å². The minimum Gasteiger partial charge on any atom is -0.377 e. The molecule has 0 aliphatic carbocycles. The van der Waals surface area contributed by atoms with E-state index in [4.69, 9.17) is 13.3 Å². The van der Waals surface area contributed by atoms with E-state index in [9.17, 15) is 0 Å². The van der Waals surface area contributed by atoms with Gasteiger partial charge in [-0.3, -0.25) is 0 Å². The summed E-state index contributed by atoms with van der Waals surface area (Å²) in [6, 6.07) is 0.875. The van der Waals surface area contributed by atoms with Gasteiger partial charge in [0.1, 0.15) is 0 Å². The van der Waals surface area contributed by atoms with Gasteiger partial charge in [-0.1, -0.05) is 77.7 Å². The summed E-state index contributed by atoms with van der Waals surface area (Å²) in [5, 5.41) is 0. The second-order valence-electron chi connectivity index (χ2n) is 8.83. The fourth-order valence-electron chi connectivity index (χ4n) is 4.17. The molecule has 0 radical (unpaired) electrons. The summed E-state index contributed by atoms with van der Waals surface area (Å²) >= 11 is 0. The molecule has 0 aliphatic heterocycles. The molecule has 5 heteroatoms. The van der Waals surface area contributed by atoms with E-state index in [0.29, 0.717) is 0 Å². The first kappa shape index (κ1) is 28.8. The van der Waals surface area contributed by atoms with E-state index in [1.165, 1.54) is 83.6 Å². The summed E-state index contributed by atoms with van der Waals surface area (Å²) in [5.74, 6) is 0. The highest BCUT2D eigenvalue weighted by atomic mass is 28.4. The molecular formula is C24H52NO3Si+. The maximum absolute atomic E-state index is 5.56. The lowest BCUT2D eigenvalue weighted by molar-refractivity contribution is -0.904. The Hall–Kier alpha value is -0.203. The molecule has 29 heavy (non-hydrogen) atoms. The monoisotopic (exact) mass is 430 g/mol. The third-order valence-corrected chi connectivity index (χ3v) is 9.07. The quantitative estimate of drug-likeness (QED) is 0.0839. The van der Waals surface area contributed by atoms with Crippen LogP contribution in [-0.4, -0.2) is 61.3 Å². The Morgan fingerprint density at radius 3 is 1.52 bits per heavy atom. The predicted molar refractivity (Wildman–Crippen MR) is 128 cm³/mol. The molecule has 174 valence electrons. The Balaban J connectivity index is 3.90. The number of hydrogen-bond donors (Lipinski definition) is 0. The zero-order valence-corrected chi connectivity index (χ0v) is 21.5. The van der Waals surface area contributed by atoms with Gasteiger partial charge in [-0.25, -0.2) is 0 Å². The van der Waals surface area contributed by atoms with E-state index in [-0.39, 0.29) is 0 Å². The third-order valence-electron chi connectivity index (χ3n) is 6.24. The van der Waals surface area contributed by atoms with Crippen LogP contribution in [0.25, 0.3) is 0 Å². The Labute approximate surface area is 184 Å². The lowest BCUT2D eigenvalue weighted by atomic mass is 10.1. The molecule has 0 aromatic heterocycles. The van der Waals surface area contributed by atoms with E-state index in [1.54, 1.807) is 21.3 Å². The zero-order chi connectivity index (χ0) is 21.8. The lowest BCUT2D eigenvalue weighted by Crippen LogP contribution is -2.48. The molecule has 0 amide bonds. The molecule has 4 nitrogen and oxygen atoms in total. The average Bonchev–Trinajstić information content (AvgIpc) is 2.72. The molecule has 0 bridgehead atoms. The van der Waals surface area contributed by atoms with Crippen molar-refractivity contribution in [2.75, 3.05) is 48.0 Å². The number of likely N-dealkylation sites (N-methyl/N-ethyl adjacent to an activating group) is 1. The van der Waals surface area contributed by atoms with E-state index >= 15 is 0 Å². The van der Waals surface area contributed by atoms with E-state index in [2.05, 4.69) is 26.6 Å². The molecule has 1 atom stereocenters. The fourth-order valence-corrected chi connectivity index (χ4v) is 5.88. The molecule has 0 aliphatic rings. The van der Waals surface area contributed by atoms with Gasteiger partial charge in [0, 0.05) is 33.8 Å². The van der Waals surface area contributed by atoms with E-state index in [1.807, 2.05) is 0 Å². The van der Waals surface area contributed by atoms with Crippen molar-refractivity contribution < 1.29 is 17.8 Å². The predicted octanol–water partition coefficient (Wildman–Crippen LogP) is 6.59. The Morgan fingerprint density at radius 2 is 1.10 bits per heavy atom. The van der Waals surface area contributed by atoms with Crippen molar-refractivity contribution in [3.8, 4) is 0 Å². The number of nitrogens with zero attached hydrogens (tertiary/aromatic N) is 1. The summed E-state index contributed by atoms with van der Waals surface area (Å²) < 4.78 is 17.7. The van der Waals surface area contributed by atoms with Crippen LogP contribution in [0.2, 0.25) is 6.04 Å². The summed E-state index contributed by atoms with van der Waals surface area (Å²) in [5.41, 5.74) is 0. The van der Waals surface area contributed by atoms with E-state index < -0.39 is 8.80 Å². The van der Waals surface area contributed by atoms with Gasteiger partial charge in [0.05, 0.1) is 26.7 Å². The second-order valence-corrected chi connectivity index (χ2v) is 11.9. The first-order chi connectivity index (χ1) is 14.0. The third kappa shape index (κ3) is 14.4. The van der Waals surface area contributed by atoms with Crippen molar-refractivity contribution in [3.05, 3.63) is 12.7 Å². The van der Waals surface area contributed by atoms with Gasteiger partial charge >= 0.3 is 8.80 Å². The normalized spacial score (nSPS) is 14.1. The van der Waals surface area contributed by atoms with Crippen LogP contribution >= 0.6 is 0 Å². The fraction of sp³-hybridized carbons (Fsp3) is 0.917. The van der Waals surface area contributed by atoms with Crippen LogP contribution < -0.4 is 0 Å². The minimum atomic E-state index is -2.45. The maximum Gasteiger partial charge on any atom is 0.500 e. The summed E-state index contributed by atoms with van der Waals surface area (Å²) in [6.07, 6.45) is 19.9. The van der Waals surface area contributed by atoms with Crippen molar-refractivity contribution in [1.82, 2.24) is 0 Å². The number of quaternary nitrogens is 1. The SMILES string of the molecule is C=CC[N+](C)(CCCCCCCCCCCCCC)CCC[Si](OC)(OC)OC. The molecule has 0 N–H and O–H groups in total. The molecule has 0 rings (SSSR count). The lowest BCUT2D eigenvalue weighted by Gasteiger charge is -2.34. The Bertz CT molecular complexity index is 369. The highest BCUT2D eigenvalue weighted by molar-refractivity contribution is 6.60. The van der Waals surface area contributed by atoms with Crippen LogP contribution in [0.3, 0.4) is 0 Å². The Morgan fingerprint density at radius 1 is 0.690 bits per heavy atom. The van der Waals surface area contributed by atoms with Crippen LogP contribution in [-0.2, 0) is 13.3 Å². The van der Waals surface area contributed by atoms with Crippen LogP contribution in [0.1, 0.15) is 90.4 Å². The van der Waals surface area contributed by atoms with Crippen molar-refractivity contribution in [2.45, 2.75) is 96.4 Å². The van der Waals surface area contributed by atoms with Crippen molar-refractivity contribution >= 4 is 8.80 Å². The Kier molecular flexibility index (Phi) is 18.4. The highest BCUT2D eigenvalue weighted by Gasteiger charge is 2.38. The topological polar surface area (TPSA) is 27.7 Å². The van der Waals surface area contributed by atoms with Gasteiger partial charge in [0.25, 0.3) is 0 Å². The van der Waals surface area contributed by atoms with Gasteiger partial charge in [-0.2, -0.15) is 0 Å². The summed E-state index contributed by atoms with van der Waals surface area (Å²) in [7, 11) is 5.00. The molecule has 0 saturated carbocycles. The van der Waals surface area contributed by atoms with Crippen LogP contribution in [0, 0.1) is 0 Å².